The molecule has 1 unspecified atom stereocenters. The predicted molar refractivity (Wildman–Crippen MR) is 89.5 cm³/mol. The molecule has 1 heterocycles. The molecule has 1 aliphatic carbocycles. The van der Waals surface area contributed by atoms with Crippen LogP contribution in [-0.4, -0.2) is 65.0 Å². The van der Waals surface area contributed by atoms with Gasteiger partial charge in [-0.2, -0.15) is 0 Å². The molecule has 0 radical (unpaired) electrons. The van der Waals surface area contributed by atoms with E-state index in [4.69, 9.17) is 5.11 Å². The van der Waals surface area contributed by atoms with Gasteiger partial charge in [0.1, 0.15) is 6.54 Å². The monoisotopic (exact) mass is 339 g/mol. The number of rotatable bonds is 7. The highest BCUT2D eigenvalue weighted by atomic mass is 16.4. The van der Waals surface area contributed by atoms with E-state index < -0.39 is 5.97 Å². The maximum Gasteiger partial charge on any atom is 0.323 e. The molecule has 1 aliphatic heterocycles. The van der Waals surface area contributed by atoms with Crippen molar-refractivity contribution in [2.75, 3.05) is 26.2 Å². The van der Waals surface area contributed by atoms with Crippen molar-refractivity contribution < 1.29 is 19.5 Å². The Morgan fingerprint density at radius 3 is 2.54 bits per heavy atom. The molecular weight excluding hydrogens is 310 g/mol. The maximum atomic E-state index is 12.5. The van der Waals surface area contributed by atoms with Gasteiger partial charge in [0, 0.05) is 32.1 Å². The summed E-state index contributed by atoms with van der Waals surface area (Å²) in [6.45, 7) is 5.82. The van der Waals surface area contributed by atoms with Crippen LogP contribution < -0.4 is 5.32 Å². The standard InChI is InChI=1S/C17H29N3O4/c1-12(2)9-18-17(24)19-7-3-4-13(10-19)8-15(21)20(11-16(22)23)14-5-6-14/h12-14H,3-11H2,1-2H3,(H,18,24)(H,22,23). The molecule has 0 aromatic heterocycles. The van der Waals surface area contributed by atoms with Crippen LogP contribution in [0.2, 0.25) is 0 Å². The first-order chi connectivity index (χ1) is 11.4. The molecule has 2 aliphatic rings. The molecule has 0 spiro atoms. The van der Waals surface area contributed by atoms with Crippen LogP contribution in [-0.2, 0) is 9.59 Å². The highest BCUT2D eigenvalue weighted by molar-refractivity contribution is 5.82. The van der Waals surface area contributed by atoms with Gasteiger partial charge in [0.05, 0.1) is 0 Å². The molecule has 136 valence electrons. The van der Waals surface area contributed by atoms with Gasteiger partial charge < -0.3 is 20.2 Å². The number of nitrogens with zero attached hydrogens (tertiary/aromatic N) is 2. The van der Waals surface area contributed by atoms with Crippen LogP contribution in [0.15, 0.2) is 0 Å². The number of carboxylic acids is 1. The van der Waals surface area contributed by atoms with E-state index in [1.807, 2.05) is 13.8 Å². The van der Waals surface area contributed by atoms with Crippen LogP contribution in [0.5, 0.6) is 0 Å². The Morgan fingerprint density at radius 1 is 1.25 bits per heavy atom. The van der Waals surface area contributed by atoms with E-state index in [0.29, 0.717) is 25.4 Å². The number of amides is 3. The van der Waals surface area contributed by atoms with Crippen LogP contribution in [0.25, 0.3) is 0 Å². The Labute approximate surface area is 143 Å². The van der Waals surface area contributed by atoms with Gasteiger partial charge in [0.15, 0.2) is 0 Å². The lowest BCUT2D eigenvalue weighted by Gasteiger charge is -2.33. The zero-order chi connectivity index (χ0) is 17.7. The Bertz CT molecular complexity index is 476. The maximum absolute atomic E-state index is 12.5. The molecule has 24 heavy (non-hydrogen) atoms. The lowest BCUT2D eigenvalue weighted by atomic mass is 9.94. The van der Waals surface area contributed by atoms with Crippen molar-refractivity contribution in [3.8, 4) is 0 Å². The number of carboxylic acid groups (broad SMARTS) is 1. The quantitative estimate of drug-likeness (QED) is 0.736. The molecule has 0 aromatic carbocycles. The summed E-state index contributed by atoms with van der Waals surface area (Å²) in [7, 11) is 0. The van der Waals surface area contributed by atoms with Gasteiger partial charge >= 0.3 is 12.0 Å². The molecule has 0 aromatic rings. The third-order valence-electron chi connectivity index (χ3n) is 4.54. The lowest BCUT2D eigenvalue weighted by molar-refractivity contribution is -0.145. The average Bonchev–Trinajstić information content (AvgIpc) is 3.35. The number of hydrogen-bond acceptors (Lipinski definition) is 3. The third-order valence-corrected chi connectivity index (χ3v) is 4.54. The van der Waals surface area contributed by atoms with Crippen molar-refractivity contribution in [2.24, 2.45) is 11.8 Å². The van der Waals surface area contributed by atoms with Gasteiger partial charge in [0.2, 0.25) is 5.91 Å². The summed E-state index contributed by atoms with van der Waals surface area (Å²) < 4.78 is 0. The van der Waals surface area contributed by atoms with Crippen molar-refractivity contribution in [1.82, 2.24) is 15.1 Å². The van der Waals surface area contributed by atoms with Crippen LogP contribution in [0.4, 0.5) is 4.79 Å². The SMILES string of the molecule is CC(C)CNC(=O)N1CCCC(CC(=O)N(CC(=O)O)C2CC2)C1. The Morgan fingerprint density at radius 2 is 1.96 bits per heavy atom. The van der Waals surface area contributed by atoms with Gasteiger partial charge in [0.25, 0.3) is 0 Å². The number of hydrogen-bond donors (Lipinski definition) is 2. The number of likely N-dealkylation sites (tertiary alicyclic amines) is 1. The topological polar surface area (TPSA) is 90.0 Å². The zero-order valence-electron chi connectivity index (χ0n) is 14.7. The number of piperidine rings is 1. The van der Waals surface area contributed by atoms with Gasteiger partial charge in [-0.1, -0.05) is 13.8 Å². The third kappa shape index (κ3) is 5.69. The molecule has 7 nitrogen and oxygen atoms in total. The first kappa shape index (κ1) is 18.5. The van der Waals surface area contributed by atoms with E-state index in [1.165, 1.54) is 4.90 Å². The first-order valence-electron chi connectivity index (χ1n) is 8.90. The van der Waals surface area contributed by atoms with Crippen molar-refractivity contribution in [2.45, 2.75) is 52.0 Å². The second-order valence-electron chi connectivity index (χ2n) is 7.38. The highest BCUT2D eigenvalue weighted by Gasteiger charge is 2.35. The summed E-state index contributed by atoms with van der Waals surface area (Å²) in [5.41, 5.74) is 0. The normalized spacial score (nSPS) is 20.8. The van der Waals surface area contributed by atoms with Crippen molar-refractivity contribution in [1.29, 1.82) is 0 Å². The van der Waals surface area contributed by atoms with E-state index in [1.54, 1.807) is 4.90 Å². The number of urea groups is 1. The Balaban J connectivity index is 1.84. The summed E-state index contributed by atoms with van der Waals surface area (Å²) >= 11 is 0. The smallest absolute Gasteiger partial charge is 0.323 e. The Kier molecular flexibility index (Phi) is 6.45. The molecule has 0 bridgehead atoms. The number of carbonyl (C=O) groups excluding carboxylic acids is 2. The van der Waals surface area contributed by atoms with Gasteiger partial charge in [-0.3, -0.25) is 9.59 Å². The highest BCUT2D eigenvalue weighted by Crippen LogP contribution is 2.29. The van der Waals surface area contributed by atoms with Crippen molar-refractivity contribution in [3.05, 3.63) is 0 Å². The van der Waals surface area contributed by atoms with Crippen LogP contribution in [0, 0.1) is 11.8 Å². The minimum Gasteiger partial charge on any atom is -0.480 e. The van der Waals surface area contributed by atoms with Crippen LogP contribution in [0.3, 0.4) is 0 Å². The van der Waals surface area contributed by atoms with E-state index in [2.05, 4.69) is 5.32 Å². The van der Waals surface area contributed by atoms with Gasteiger partial charge in [-0.15, -0.1) is 0 Å². The van der Waals surface area contributed by atoms with E-state index in [9.17, 15) is 14.4 Å². The zero-order valence-corrected chi connectivity index (χ0v) is 14.7. The van der Waals surface area contributed by atoms with Gasteiger partial charge in [-0.05, 0) is 37.5 Å². The molecule has 1 atom stereocenters. The molecular formula is C17H29N3O4. The summed E-state index contributed by atoms with van der Waals surface area (Å²) in [5, 5.41) is 11.9. The van der Waals surface area contributed by atoms with Crippen LogP contribution >= 0.6 is 0 Å². The minimum atomic E-state index is -0.964. The fourth-order valence-electron chi connectivity index (χ4n) is 3.14. The number of aliphatic carboxylic acids is 1. The van der Waals surface area contributed by atoms with Crippen molar-refractivity contribution >= 4 is 17.9 Å². The van der Waals surface area contributed by atoms with Crippen LogP contribution in [0.1, 0.15) is 46.0 Å². The van der Waals surface area contributed by atoms with Gasteiger partial charge in [-0.25, -0.2) is 4.79 Å². The Hall–Kier alpha value is -1.79. The summed E-state index contributed by atoms with van der Waals surface area (Å²) in [6, 6.07) is 0.0352. The largest absolute Gasteiger partial charge is 0.480 e. The molecule has 7 heteroatoms. The molecule has 2 N–H and O–H groups in total. The number of carbonyl (C=O) groups is 3. The molecule has 3 amide bonds. The fraction of sp³-hybridized carbons (Fsp3) is 0.824. The van der Waals surface area contributed by atoms with E-state index in [0.717, 1.165) is 32.2 Å². The summed E-state index contributed by atoms with van der Waals surface area (Å²) in [4.78, 5) is 38.9. The van der Waals surface area contributed by atoms with E-state index in [-0.39, 0.29) is 30.4 Å². The molecule has 1 saturated heterocycles. The number of nitrogens with one attached hydrogen (secondary N) is 1. The van der Waals surface area contributed by atoms with E-state index >= 15 is 0 Å². The predicted octanol–water partition coefficient (Wildman–Crippen LogP) is 1.53. The first-order valence-corrected chi connectivity index (χ1v) is 8.90. The average molecular weight is 339 g/mol. The molecule has 1 saturated carbocycles. The second-order valence-corrected chi connectivity index (χ2v) is 7.38. The summed E-state index contributed by atoms with van der Waals surface area (Å²) in [6.07, 6.45) is 3.92. The lowest BCUT2D eigenvalue weighted by Crippen LogP contribution is -2.47. The minimum absolute atomic E-state index is 0.0644. The van der Waals surface area contributed by atoms with Crippen molar-refractivity contribution in [3.63, 3.8) is 0 Å². The second kappa shape index (κ2) is 8.35. The molecule has 2 rings (SSSR count). The fourth-order valence-corrected chi connectivity index (χ4v) is 3.14. The summed E-state index contributed by atoms with van der Waals surface area (Å²) in [5.74, 6) is -0.534. The molecule has 2 fully saturated rings.